The van der Waals surface area contributed by atoms with Gasteiger partial charge in [-0.1, -0.05) is 35.9 Å². The van der Waals surface area contributed by atoms with Crippen LogP contribution in [0, 0.1) is 6.92 Å². The standard InChI is InChI=1S/C21H17ClN2O2/c1-13-6-7-14(22)10-19(13)24-21(25)12-26-15-8-9-17-16-4-2-3-5-18(16)23-20(17)11-15/h2-11,23H,12H2,1H3,(H,24,25). The number of H-pyrrole nitrogens is 1. The molecular formula is C21H17ClN2O2. The van der Waals surface area contributed by atoms with Crippen molar-refractivity contribution in [2.45, 2.75) is 6.92 Å². The van der Waals surface area contributed by atoms with Gasteiger partial charge in [0.25, 0.3) is 5.91 Å². The van der Waals surface area contributed by atoms with Crippen molar-refractivity contribution >= 4 is 45.0 Å². The lowest BCUT2D eigenvalue weighted by Gasteiger charge is -2.10. The zero-order chi connectivity index (χ0) is 18.1. The molecule has 2 N–H and O–H groups in total. The van der Waals surface area contributed by atoms with E-state index < -0.39 is 0 Å². The van der Waals surface area contributed by atoms with E-state index >= 15 is 0 Å². The van der Waals surface area contributed by atoms with Crippen molar-refractivity contribution in [1.82, 2.24) is 4.98 Å². The number of carbonyl (C=O) groups excluding carboxylic acids is 1. The molecule has 1 aromatic heterocycles. The highest BCUT2D eigenvalue weighted by molar-refractivity contribution is 6.31. The minimum absolute atomic E-state index is 0.0717. The van der Waals surface area contributed by atoms with E-state index in [2.05, 4.69) is 16.4 Å². The predicted molar refractivity (Wildman–Crippen MR) is 106 cm³/mol. The first-order valence-electron chi connectivity index (χ1n) is 8.29. The van der Waals surface area contributed by atoms with E-state index in [1.165, 1.54) is 5.39 Å². The van der Waals surface area contributed by atoms with Crippen molar-refractivity contribution in [3.05, 3.63) is 71.2 Å². The number of nitrogens with one attached hydrogen (secondary N) is 2. The van der Waals surface area contributed by atoms with Crippen LogP contribution < -0.4 is 10.1 Å². The average Bonchev–Trinajstić information content (AvgIpc) is 3.01. The molecule has 1 amide bonds. The highest BCUT2D eigenvalue weighted by Crippen LogP contribution is 2.28. The topological polar surface area (TPSA) is 54.1 Å². The minimum Gasteiger partial charge on any atom is -0.484 e. The molecule has 0 saturated carbocycles. The largest absolute Gasteiger partial charge is 0.484 e. The van der Waals surface area contributed by atoms with Gasteiger partial charge in [0, 0.05) is 33.1 Å². The second-order valence-electron chi connectivity index (χ2n) is 6.17. The van der Waals surface area contributed by atoms with Crippen molar-refractivity contribution < 1.29 is 9.53 Å². The van der Waals surface area contributed by atoms with Gasteiger partial charge in [-0.2, -0.15) is 0 Å². The summed E-state index contributed by atoms with van der Waals surface area (Å²) in [4.78, 5) is 15.5. The van der Waals surface area contributed by atoms with Crippen LogP contribution in [0.15, 0.2) is 60.7 Å². The lowest BCUT2D eigenvalue weighted by atomic mass is 10.1. The number of carbonyl (C=O) groups is 1. The third kappa shape index (κ3) is 3.24. The molecule has 3 aromatic carbocycles. The third-order valence-corrected chi connectivity index (χ3v) is 4.56. The molecule has 0 saturated heterocycles. The fourth-order valence-corrected chi connectivity index (χ4v) is 3.16. The molecule has 4 nitrogen and oxygen atoms in total. The number of aromatic amines is 1. The fourth-order valence-electron chi connectivity index (χ4n) is 2.99. The Morgan fingerprint density at radius 3 is 2.73 bits per heavy atom. The van der Waals surface area contributed by atoms with Crippen LogP contribution in [0.5, 0.6) is 5.75 Å². The number of hydrogen-bond donors (Lipinski definition) is 2. The van der Waals surface area contributed by atoms with Gasteiger partial charge in [0.05, 0.1) is 5.52 Å². The molecular weight excluding hydrogens is 348 g/mol. The lowest BCUT2D eigenvalue weighted by Crippen LogP contribution is -2.20. The highest BCUT2D eigenvalue weighted by atomic mass is 35.5. The molecule has 0 aliphatic heterocycles. The number of aryl methyl sites for hydroxylation is 1. The molecule has 0 atom stereocenters. The second-order valence-corrected chi connectivity index (χ2v) is 6.61. The summed E-state index contributed by atoms with van der Waals surface area (Å²) in [7, 11) is 0. The van der Waals surface area contributed by atoms with Gasteiger partial charge in [0.1, 0.15) is 5.75 Å². The number of anilines is 1. The van der Waals surface area contributed by atoms with Crippen molar-refractivity contribution in [3.63, 3.8) is 0 Å². The Morgan fingerprint density at radius 2 is 1.85 bits per heavy atom. The first-order valence-corrected chi connectivity index (χ1v) is 8.67. The van der Waals surface area contributed by atoms with Crippen LogP contribution in [0.25, 0.3) is 21.8 Å². The molecule has 0 aliphatic carbocycles. The number of benzene rings is 3. The summed E-state index contributed by atoms with van der Waals surface area (Å²) in [5, 5.41) is 5.70. The molecule has 0 spiro atoms. The zero-order valence-corrected chi connectivity index (χ0v) is 14.9. The number of ether oxygens (including phenoxy) is 1. The Morgan fingerprint density at radius 1 is 1.04 bits per heavy atom. The number of fused-ring (bicyclic) bond motifs is 3. The maximum absolute atomic E-state index is 12.2. The fraction of sp³-hybridized carbons (Fsp3) is 0.0952. The van der Waals surface area contributed by atoms with Gasteiger partial charge in [0.2, 0.25) is 0 Å². The van der Waals surface area contributed by atoms with E-state index in [9.17, 15) is 4.79 Å². The Kier molecular flexibility index (Phi) is 4.27. The molecule has 0 radical (unpaired) electrons. The number of halogens is 1. The molecule has 0 bridgehead atoms. The number of aromatic nitrogens is 1. The van der Waals surface area contributed by atoms with Crippen LogP contribution in [0.1, 0.15) is 5.56 Å². The molecule has 5 heteroatoms. The monoisotopic (exact) mass is 364 g/mol. The quantitative estimate of drug-likeness (QED) is 0.516. The van der Waals surface area contributed by atoms with E-state index in [0.29, 0.717) is 16.5 Å². The summed E-state index contributed by atoms with van der Waals surface area (Å²) in [6.45, 7) is 1.84. The summed E-state index contributed by atoms with van der Waals surface area (Å²) in [5.41, 5.74) is 3.70. The number of amides is 1. The number of rotatable bonds is 4. The molecule has 0 unspecified atom stereocenters. The van der Waals surface area contributed by atoms with E-state index in [1.54, 1.807) is 12.1 Å². The van der Waals surface area contributed by atoms with E-state index in [-0.39, 0.29) is 12.5 Å². The van der Waals surface area contributed by atoms with Crippen LogP contribution in [0.3, 0.4) is 0 Å². The van der Waals surface area contributed by atoms with Crippen LogP contribution in [0.4, 0.5) is 5.69 Å². The number of hydrogen-bond acceptors (Lipinski definition) is 2. The van der Waals surface area contributed by atoms with E-state index in [0.717, 1.165) is 22.0 Å². The van der Waals surface area contributed by atoms with Crippen molar-refractivity contribution in [2.24, 2.45) is 0 Å². The first kappa shape index (κ1) is 16.5. The Balaban J connectivity index is 1.48. The lowest BCUT2D eigenvalue weighted by molar-refractivity contribution is -0.118. The normalized spacial score (nSPS) is 11.0. The summed E-state index contributed by atoms with van der Waals surface area (Å²) in [6.07, 6.45) is 0. The highest BCUT2D eigenvalue weighted by Gasteiger charge is 2.08. The molecule has 0 fully saturated rings. The SMILES string of the molecule is Cc1ccc(Cl)cc1NC(=O)COc1ccc2c(c1)[nH]c1ccccc12. The molecule has 0 aliphatic rings. The summed E-state index contributed by atoms with van der Waals surface area (Å²) in [6, 6.07) is 19.3. The van der Waals surface area contributed by atoms with Crippen LogP contribution >= 0.6 is 11.6 Å². The predicted octanol–water partition coefficient (Wildman–Crippen LogP) is 5.30. The van der Waals surface area contributed by atoms with Crippen LogP contribution in [-0.4, -0.2) is 17.5 Å². The van der Waals surface area contributed by atoms with Gasteiger partial charge in [-0.3, -0.25) is 4.79 Å². The maximum Gasteiger partial charge on any atom is 0.262 e. The van der Waals surface area contributed by atoms with E-state index in [4.69, 9.17) is 16.3 Å². The van der Waals surface area contributed by atoms with Crippen LogP contribution in [-0.2, 0) is 4.79 Å². The summed E-state index contributed by atoms with van der Waals surface area (Å²) >= 11 is 5.98. The molecule has 4 aromatic rings. The third-order valence-electron chi connectivity index (χ3n) is 4.32. The van der Waals surface area contributed by atoms with Gasteiger partial charge in [0.15, 0.2) is 6.61 Å². The molecule has 4 rings (SSSR count). The Bertz CT molecular complexity index is 1120. The smallest absolute Gasteiger partial charge is 0.262 e. The van der Waals surface area contributed by atoms with Crippen molar-refractivity contribution in [3.8, 4) is 5.75 Å². The molecule has 130 valence electrons. The first-order chi connectivity index (χ1) is 12.6. The minimum atomic E-state index is -0.230. The van der Waals surface area contributed by atoms with Gasteiger partial charge < -0.3 is 15.0 Å². The van der Waals surface area contributed by atoms with Crippen molar-refractivity contribution in [1.29, 1.82) is 0 Å². The van der Waals surface area contributed by atoms with Gasteiger partial charge in [-0.05, 0) is 42.8 Å². The molecule has 1 heterocycles. The average molecular weight is 365 g/mol. The Hall–Kier alpha value is -2.98. The zero-order valence-electron chi connectivity index (χ0n) is 14.2. The molecule has 26 heavy (non-hydrogen) atoms. The second kappa shape index (κ2) is 6.73. The van der Waals surface area contributed by atoms with Gasteiger partial charge in [-0.25, -0.2) is 0 Å². The van der Waals surface area contributed by atoms with Crippen molar-refractivity contribution in [2.75, 3.05) is 11.9 Å². The van der Waals surface area contributed by atoms with Gasteiger partial charge >= 0.3 is 0 Å². The maximum atomic E-state index is 12.2. The summed E-state index contributed by atoms with van der Waals surface area (Å²) in [5.74, 6) is 0.411. The van der Waals surface area contributed by atoms with Gasteiger partial charge in [-0.15, -0.1) is 0 Å². The Labute approximate surface area is 155 Å². The van der Waals surface area contributed by atoms with E-state index in [1.807, 2.05) is 49.4 Å². The summed E-state index contributed by atoms with van der Waals surface area (Å²) < 4.78 is 5.65. The van der Waals surface area contributed by atoms with Crippen LogP contribution in [0.2, 0.25) is 5.02 Å². The number of para-hydroxylation sites is 1.